The quantitative estimate of drug-likeness (QED) is 0.295. The van der Waals surface area contributed by atoms with Crippen molar-refractivity contribution in [2.45, 2.75) is 0 Å². The molecule has 4 nitrogen and oxygen atoms in total. The van der Waals surface area contributed by atoms with Crippen LogP contribution in [0.4, 0.5) is 0 Å². The zero-order valence-electron chi connectivity index (χ0n) is 7.56. The standard InChI is InChI=1S/C11H6O4/c12-5-8-9(13)6-3-1-2-4-7(6)10(14)11(8)15/h1-5,12H. The summed E-state index contributed by atoms with van der Waals surface area (Å²) in [6, 6.07) is 6.03. The predicted octanol–water partition coefficient (Wildman–Crippen LogP) is 1.08. The van der Waals surface area contributed by atoms with E-state index in [0.29, 0.717) is 6.26 Å². The van der Waals surface area contributed by atoms with Gasteiger partial charge >= 0.3 is 0 Å². The Labute approximate surface area is 84.8 Å². The van der Waals surface area contributed by atoms with Crippen LogP contribution in [0, 0.1) is 0 Å². The van der Waals surface area contributed by atoms with Gasteiger partial charge in [-0.2, -0.15) is 0 Å². The van der Waals surface area contributed by atoms with E-state index in [2.05, 4.69) is 0 Å². The van der Waals surface area contributed by atoms with E-state index in [1.54, 1.807) is 12.1 Å². The second-order valence-corrected chi connectivity index (χ2v) is 3.08. The van der Waals surface area contributed by atoms with E-state index in [0.717, 1.165) is 0 Å². The van der Waals surface area contributed by atoms with Crippen LogP contribution in [-0.2, 0) is 4.79 Å². The summed E-state index contributed by atoms with van der Waals surface area (Å²) in [6.07, 6.45) is 0.387. The van der Waals surface area contributed by atoms with Crippen molar-refractivity contribution in [3.63, 3.8) is 0 Å². The lowest BCUT2D eigenvalue weighted by atomic mass is 9.85. The number of fused-ring (bicyclic) bond motifs is 1. The normalized spacial score (nSPS) is 18.1. The molecule has 0 saturated heterocycles. The molecular formula is C11H6O4. The highest BCUT2D eigenvalue weighted by atomic mass is 16.2. The van der Waals surface area contributed by atoms with Crippen LogP contribution in [0.1, 0.15) is 20.7 Å². The first-order valence-corrected chi connectivity index (χ1v) is 4.24. The van der Waals surface area contributed by atoms with Gasteiger partial charge in [0.25, 0.3) is 0 Å². The number of rotatable bonds is 0. The summed E-state index contributed by atoms with van der Waals surface area (Å²) in [7, 11) is 0. The Morgan fingerprint density at radius 2 is 1.40 bits per heavy atom. The van der Waals surface area contributed by atoms with Crippen molar-refractivity contribution < 1.29 is 19.5 Å². The maximum atomic E-state index is 11.6. The van der Waals surface area contributed by atoms with E-state index in [1.165, 1.54) is 12.1 Å². The third-order valence-corrected chi connectivity index (χ3v) is 2.24. The lowest BCUT2D eigenvalue weighted by Crippen LogP contribution is -2.29. The average molecular weight is 202 g/mol. The van der Waals surface area contributed by atoms with E-state index in [-0.39, 0.29) is 11.1 Å². The van der Waals surface area contributed by atoms with Crippen LogP contribution in [0.2, 0.25) is 0 Å². The number of carbonyl (C=O) groups is 3. The van der Waals surface area contributed by atoms with Crippen molar-refractivity contribution in [2.24, 2.45) is 0 Å². The fourth-order valence-electron chi connectivity index (χ4n) is 1.49. The van der Waals surface area contributed by atoms with Gasteiger partial charge in [0.05, 0.1) is 6.26 Å². The van der Waals surface area contributed by atoms with Crippen molar-refractivity contribution >= 4 is 17.3 Å². The minimum Gasteiger partial charge on any atom is -0.515 e. The van der Waals surface area contributed by atoms with Crippen LogP contribution in [0.5, 0.6) is 0 Å². The van der Waals surface area contributed by atoms with Gasteiger partial charge in [-0.3, -0.25) is 14.4 Å². The molecular weight excluding hydrogens is 196 g/mol. The first-order valence-electron chi connectivity index (χ1n) is 4.24. The third kappa shape index (κ3) is 1.19. The Balaban J connectivity index is 2.73. The van der Waals surface area contributed by atoms with E-state index >= 15 is 0 Å². The molecule has 2 rings (SSSR count). The van der Waals surface area contributed by atoms with Gasteiger partial charge in [-0.25, -0.2) is 0 Å². The summed E-state index contributed by atoms with van der Waals surface area (Å²) < 4.78 is 0. The molecule has 1 aliphatic rings. The maximum Gasteiger partial charge on any atom is 0.240 e. The molecule has 74 valence electrons. The first-order chi connectivity index (χ1) is 7.16. The molecule has 1 aromatic rings. The van der Waals surface area contributed by atoms with Crippen molar-refractivity contribution in [1.82, 2.24) is 0 Å². The number of carbonyl (C=O) groups excluding carboxylic acids is 3. The molecule has 4 heteroatoms. The molecule has 15 heavy (non-hydrogen) atoms. The topological polar surface area (TPSA) is 71.4 Å². The Kier molecular flexibility index (Phi) is 1.97. The molecule has 0 heterocycles. The second-order valence-electron chi connectivity index (χ2n) is 3.08. The van der Waals surface area contributed by atoms with Crippen LogP contribution in [-0.4, -0.2) is 22.5 Å². The van der Waals surface area contributed by atoms with E-state index in [9.17, 15) is 14.4 Å². The fourth-order valence-corrected chi connectivity index (χ4v) is 1.49. The number of allylic oxidation sites excluding steroid dienone is 1. The number of benzene rings is 1. The van der Waals surface area contributed by atoms with Gasteiger partial charge in [0.1, 0.15) is 5.57 Å². The molecule has 1 aromatic carbocycles. The van der Waals surface area contributed by atoms with E-state index < -0.39 is 22.9 Å². The average Bonchev–Trinajstić information content (AvgIpc) is 2.27. The summed E-state index contributed by atoms with van der Waals surface area (Å²) >= 11 is 0. The number of hydrogen-bond donors (Lipinski definition) is 1. The minimum atomic E-state index is -0.957. The number of Topliss-reactive ketones (excluding diaryl/α,β-unsaturated/α-hetero) is 3. The van der Waals surface area contributed by atoms with Crippen LogP contribution >= 0.6 is 0 Å². The lowest BCUT2D eigenvalue weighted by molar-refractivity contribution is -0.111. The molecule has 0 radical (unpaired) electrons. The zero-order valence-corrected chi connectivity index (χ0v) is 7.56. The monoisotopic (exact) mass is 202 g/mol. The molecule has 0 aromatic heterocycles. The summed E-state index contributed by atoms with van der Waals surface area (Å²) in [5, 5.41) is 8.72. The Hall–Kier alpha value is -2.23. The molecule has 0 aliphatic heterocycles. The van der Waals surface area contributed by atoms with Gasteiger partial charge in [0, 0.05) is 11.1 Å². The number of aliphatic hydroxyl groups is 1. The minimum absolute atomic E-state index is 0.0955. The molecule has 0 fully saturated rings. The van der Waals surface area contributed by atoms with Crippen LogP contribution in [0.3, 0.4) is 0 Å². The number of ketones is 3. The van der Waals surface area contributed by atoms with E-state index in [4.69, 9.17) is 5.11 Å². The van der Waals surface area contributed by atoms with Crippen molar-refractivity contribution in [3.8, 4) is 0 Å². The van der Waals surface area contributed by atoms with Crippen LogP contribution in [0.15, 0.2) is 36.1 Å². The highest BCUT2D eigenvalue weighted by Gasteiger charge is 2.35. The maximum absolute atomic E-state index is 11.6. The fraction of sp³-hybridized carbons (Fsp3) is 0. The Morgan fingerprint density at radius 3 is 1.93 bits per heavy atom. The molecule has 1 N–H and O–H groups in total. The summed E-state index contributed by atoms with van der Waals surface area (Å²) in [6.45, 7) is 0. The van der Waals surface area contributed by atoms with Crippen LogP contribution < -0.4 is 0 Å². The Morgan fingerprint density at radius 1 is 0.867 bits per heavy atom. The van der Waals surface area contributed by atoms with Gasteiger partial charge in [-0.05, 0) is 0 Å². The van der Waals surface area contributed by atoms with Gasteiger partial charge in [-0.1, -0.05) is 24.3 Å². The molecule has 0 spiro atoms. The smallest absolute Gasteiger partial charge is 0.240 e. The summed E-state index contributed by atoms with van der Waals surface area (Å²) in [4.78, 5) is 34.4. The molecule has 0 bridgehead atoms. The molecule has 0 unspecified atom stereocenters. The SMILES string of the molecule is O=C1C(=O)c2ccccc2C(=O)C1=CO. The van der Waals surface area contributed by atoms with Crippen molar-refractivity contribution in [2.75, 3.05) is 0 Å². The summed E-state index contributed by atoms with van der Waals surface area (Å²) in [5.74, 6) is -2.33. The Bertz CT molecular complexity index is 511. The van der Waals surface area contributed by atoms with Crippen molar-refractivity contribution in [1.29, 1.82) is 0 Å². The van der Waals surface area contributed by atoms with Crippen LogP contribution in [0.25, 0.3) is 0 Å². The molecule has 0 saturated carbocycles. The van der Waals surface area contributed by atoms with Gasteiger partial charge in [0.2, 0.25) is 17.3 Å². The largest absolute Gasteiger partial charge is 0.515 e. The van der Waals surface area contributed by atoms with Gasteiger partial charge in [-0.15, -0.1) is 0 Å². The lowest BCUT2D eigenvalue weighted by Gasteiger charge is -2.13. The number of hydrogen-bond acceptors (Lipinski definition) is 4. The van der Waals surface area contributed by atoms with Gasteiger partial charge in [0.15, 0.2) is 0 Å². The second kappa shape index (κ2) is 3.16. The third-order valence-electron chi connectivity index (χ3n) is 2.24. The highest BCUT2D eigenvalue weighted by molar-refractivity contribution is 6.59. The molecule has 0 atom stereocenters. The van der Waals surface area contributed by atoms with E-state index in [1.807, 2.05) is 0 Å². The number of aliphatic hydroxyl groups excluding tert-OH is 1. The predicted molar refractivity (Wildman–Crippen MR) is 50.8 cm³/mol. The highest BCUT2D eigenvalue weighted by Crippen LogP contribution is 2.22. The summed E-state index contributed by atoms with van der Waals surface area (Å²) in [5.41, 5.74) is -0.223. The first kappa shape index (κ1) is 9.33. The molecule has 1 aliphatic carbocycles. The molecule has 0 amide bonds. The zero-order chi connectivity index (χ0) is 11.0. The van der Waals surface area contributed by atoms with Gasteiger partial charge < -0.3 is 5.11 Å². The van der Waals surface area contributed by atoms with Crippen molar-refractivity contribution in [3.05, 3.63) is 47.2 Å².